The van der Waals surface area contributed by atoms with Gasteiger partial charge in [0.05, 0.1) is 19.0 Å². The Morgan fingerprint density at radius 1 is 1.71 bits per heavy atom. The van der Waals surface area contributed by atoms with Crippen LogP contribution in [-0.2, 0) is 16.3 Å². The van der Waals surface area contributed by atoms with Crippen molar-refractivity contribution in [2.45, 2.75) is 20.0 Å². The average Bonchev–Trinajstić information content (AvgIpc) is 2.11. The molecule has 0 fully saturated rings. The summed E-state index contributed by atoms with van der Waals surface area (Å²) < 4.78 is 5.63. The smallest absolute Gasteiger partial charge is 0.211 e. The maximum absolute atomic E-state index is 5.63. The Morgan fingerprint density at radius 3 is 2.79 bits per heavy atom. The molecule has 0 aromatic rings. The van der Waals surface area contributed by atoms with Gasteiger partial charge in [-0.2, -0.15) is 0 Å². The highest BCUT2D eigenvalue weighted by Gasteiger charge is 2.15. The second-order valence-electron chi connectivity index (χ2n) is 2.75. The van der Waals surface area contributed by atoms with E-state index in [0.717, 1.165) is 0 Å². The van der Waals surface area contributed by atoms with E-state index in [1.165, 1.54) is 11.4 Å². The van der Waals surface area contributed by atoms with Crippen LogP contribution < -0.4 is 5.09 Å². The van der Waals surface area contributed by atoms with Crippen LogP contribution in [0.1, 0.15) is 13.8 Å². The van der Waals surface area contributed by atoms with Gasteiger partial charge >= 0.3 is 0 Å². The third-order valence-electron chi connectivity index (χ3n) is 1.13. The Bertz CT molecular complexity index is 243. The van der Waals surface area contributed by atoms with Gasteiger partial charge in [0.1, 0.15) is 0 Å². The average molecular weight is 252 g/mol. The lowest BCUT2D eigenvalue weighted by molar-refractivity contribution is 0.274. The quantitative estimate of drug-likeness (QED) is 0.327. The van der Waals surface area contributed by atoms with Gasteiger partial charge in [-0.3, -0.25) is 4.99 Å². The molecule has 0 saturated carbocycles. The highest BCUT2D eigenvalue weighted by atomic mass is 32.9. The molecule has 0 aliphatic carbocycles. The molecule has 0 aromatic heterocycles. The van der Waals surface area contributed by atoms with Crippen LogP contribution in [-0.4, -0.2) is 25.2 Å². The molecule has 1 N–H and O–H groups in total. The van der Waals surface area contributed by atoms with Crippen molar-refractivity contribution in [2.24, 2.45) is 4.99 Å². The van der Waals surface area contributed by atoms with Crippen molar-refractivity contribution in [1.82, 2.24) is 5.09 Å². The molecule has 0 heterocycles. The Hall–Kier alpha value is 0.170. The number of hydrogen-bond acceptors (Lipinski definition) is 4. The van der Waals surface area contributed by atoms with E-state index in [2.05, 4.69) is 16.7 Å². The molecule has 14 heavy (non-hydrogen) atoms. The summed E-state index contributed by atoms with van der Waals surface area (Å²) in [6.07, 6.45) is 5.41. The summed E-state index contributed by atoms with van der Waals surface area (Å²) in [6.45, 7) is 8.11. The Morgan fingerprint density at radius 2 is 2.36 bits per heavy atom. The van der Waals surface area contributed by atoms with Crippen molar-refractivity contribution < 1.29 is 4.52 Å². The van der Waals surface area contributed by atoms with Crippen LogP contribution in [0.4, 0.5) is 0 Å². The van der Waals surface area contributed by atoms with Gasteiger partial charge in [-0.25, -0.2) is 0 Å². The molecule has 0 spiro atoms. The molecule has 0 aliphatic heterocycles. The number of rotatable bonds is 7. The molecule has 1 atom stereocenters. The van der Waals surface area contributed by atoms with Crippen molar-refractivity contribution in [3.05, 3.63) is 12.7 Å². The summed E-state index contributed by atoms with van der Waals surface area (Å²) in [7, 11) is 0. The Balaban J connectivity index is 4.12. The molecular formula is C8H17N2OPS2. The molecule has 0 radical (unpaired) electrons. The maximum atomic E-state index is 5.63. The van der Waals surface area contributed by atoms with E-state index in [1.54, 1.807) is 12.4 Å². The number of hydrogen-bond donors (Lipinski definition) is 1. The summed E-state index contributed by atoms with van der Waals surface area (Å²) in [5.41, 5.74) is -1.98. The molecule has 0 saturated heterocycles. The van der Waals surface area contributed by atoms with Crippen molar-refractivity contribution in [3.8, 4) is 0 Å². The van der Waals surface area contributed by atoms with Gasteiger partial charge in [0.2, 0.25) is 5.62 Å². The van der Waals surface area contributed by atoms with Crippen LogP contribution in [0.5, 0.6) is 0 Å². The fraction of sp³-hybridized carbons (Fsp3) is 0.625. The monoisotopic (exact) mass is 252 g/mol. The summed E-state index contributed by atoms with van der Waals surface area (Å²) in [6, 6.07) is 0. The molecular weight excluding hydrogens is 235 g/mol. The number of nitrogens with zero attached hydrogens (tertiary/aromatic N) is 1. The van der Waals surface area contributed by atoms with Gasteiger partial charge in [-0.1, -0.05) is 17.5 Å². The lowest BCUT2D eigenvalue weighted by atomic mass is 10.5. The molecule has 82 valence electrons. The summed E-state index contributed by atoms with van der Waals surface area (Å²) in [5, 5.41) is 3.04. The van der Waals surface area contributed by atoms with E-state index in [1.807, 2.05) is 20.1 Å². The minimum atomic E-state index is -1.98. The zero-order chi connectivity index (χ0) is 11.0. The first-order valence-corrected chi connectivity index (χ1v) is 8.80. The van der Waals surface area contributed by atoms with Crippen molar-refractivity contribution >= 4 is 35.1 Å². The zero-order valence-electron chi connectivity index (χ0n) is 8.77. The second kappa shape index (κ2) is 7.46. The molecule has 0 rings (SSSR count). The van der Waals surface area contributed by atoms with E-state index < -0.39 is 5.62 Å². The predicted molar refractivity (Wildman–Crippen MR) is 70.7 cm³/mol. The summed E-state index contributed by atoms with van der Waals surface area (Å²) >= 11 is 6.89. The van der Waals surface area contributed by atoms with E-state index in [9.17, 15) is 0 Å². The van der Waals surface area contributed by atoms with Gasteiger partial charge in [-0.05, 0) is 31.9 Å². The van der Waals surface area contributed by atoms with E-state index in [-0.39, 0.29) is 6.10 Å². The van der Waals surface area contributed by atoms with Gasteiger partial charge in [0, 0.05) is 0 Å². The zero-order valence-corrected chi connectivity index (χ0v) is 11.3. The molecule has 1 unspecified atom stereocenters. The van der Waals surface area contributed by atoms with Crippen LogP contribution in [0.3, 0.4) is 0 Å². The van der Waals surface area contributed by atoms with E-state index in [0.29, 0.717) is 6.54 Å². The largest absolute Gasteiger partial charge is 0.324 e. The molecule has 0 aromatic carbocycles. The van der Waals surface area contributed by atoms with Crippen molar-refractivity contribution in [2.75, 3.05) is 12.8 Å². The first-order chi connectivity index (χ1) is 6.54. The highest BCUT2D eigenvalue weighted by molar-refractivity contribution is 8.68. The fourth-order valence-electron chi connectivity index (χ4n) is 0.642. The number of aliphatic imine (C=N–C) groups is 1. The van der Waals surface area contributed by atoms with Gasteiger partial charge < -0.3 is 9.61 Å². The second-order valence-corrected chi connectivity index (χ2v) is 9.45. The standard InChI is InChI=1S/C8H17N2OPS2/c1-5-6-9-7-10-12(13,14-4)11-8(2)3/h5,7-8H,1,6H2,2-4H3,(H,9,10,13). The third-order valence-corrected chi connectivity index (χ3v) is 6.68. The Labute approximate surface area is 95.3 Å². The molecule has 6 heteroatoms. The normalized spacial score (nSPS) is 15.7. The topological polar surface area (TPSA) is 33.6 Å². The SMILES string of the molecule is C=CCN=CNP(=S)(OC(C)C)SC. The lowest BCUT2D eigenvalue weighted by Crippen LogP contribution is -2.11. The van der Waals surface area contributed by atoms with E-state index in [4.69, 9.17) is 16.3 Å². The van der Waals surface area contributed by atoms with Gasteiger partial charge in [0.25, 0.3) is 0 Å². The third kappa shape index (κ3) is 6.60. The first-order valence-electron chi connectivity index (χ1n) is 4.25. The predicted octanol–water partition coefficient (Wildman–Crippen LogP) is 2.80. The molecule has 0 aliphatic rings. The van der Waals surface area contributed by atoms with E-state index >= 15 is 0 Å². The molecule has 3 nitrogen and oxygen atoms in total. The number of nitrogens with one attached hydrogen (secondary N) is 1. The van der Waals surface area contributed by atoms with Gasteiger partial charge in [-0.15, -0.1) is 6.58 Å². The van der Waals surface area contributed by atoms with Crippen LogP contribution in [0.25, 0.3) is 0 Å². The van der Waals surface area contributed by atoms with Crippen LogP contribution in [0.2, 0.25) is 0 Å². The molecule has 0 bridgehead atoms. The first kappa shape index (κ1) is 14.2. The van der Waals surface area contributed by atoms with Gasteiger partial charge in [0.15, 0.2) is 0 Å². The minimum absolute atomic E-state index is 0.133. The van der Waals surface area contributed by atoms with Crippen LogP contribution >= 0.6 is 17.0 Å². The molecule has 0 amide bonds. The highest BCUT2D eigenvalue weighted by Crippen LogP contribution is 2.54. The van der Waals surface area contributed by atoms with Crippen molar-refractivity contribution in [1.29, 1.82) is 0 Å². The lowest BCUT2D eigenvalue weighted by Gasteiger charge is -2.21. The Kier molecular flexibility index (Phi) is 7.55. The van der Waals surface area contributed by atoms with Crippen LogP contribution in [0.15, 0.2) is 17.6 Å². The minimum Gasteiger partial charge on any atom is -0.324 e. The van der Waals surface area contributed by atoms with Crippen molar-refractivity contribution in [3.63, 3.8) is 0 Å². The maximum Gasteiger partial charge on any atom is 0.211 e. The summed E-state index contributed by atoms with van der Waals surface area (Å²) in [4.78, 5) is 4.04. The van der Waals surface area contributed by atoms with Crippen LogP contribution in [0, 0.1) is 0 Å². The fourth-order valence-corrected chi connectivity index (χ4v) is 3.56. The summed E-state index contributed by atoms with van der Waals surface area (Å²) in [5.74, 6) is 0.